The van der Waals surface area contributed by atoms with Gasteiger partial charge in [-0.05, 0) is 37.1 Å². The zero-order valence-electron chi connectivity index (χ0n) is 13.0. The molecule has 7 heteroatoms. The van der Waals surface area contributed by atoms with Crippen LogP contribution in [0.3, 0.4) is 0 Å². The number of carbonyl (C=O) groups is 3. The molecule has 1 aromatic rings. The maximum absolute atomic E-state index is 12.4. The Morgan fingerprint density at radius 3 is 2.61 bits per heavy atom. The van der Waals surface area contributed by atoms with Crippen LogP contribution >= 0.6 is 11.6 Å². The number of anilines is 1. The standard InChI is InChI=1S/C16H20ClN3O3/c1-11(21)18-9-8-15(22)20-10-2-3-14(20)16(23)19-13-6-4-12(17)5-7-13/h4-7,14H,2-3,8-10H2,1H3,(H,18,21)(H,19,23)/t14-/m1/s1. The third-order valence-electron chi connectivity index (χ3n) is 3.70. The predicted molar refractivity (Wildman–Crippen MR) is 88.1 cm³/mol. The number of benzene rings is 1. The quantitative estimate of drug-likeness (QED) is 0.860. The summed E-state index contributed by atoms with van der Waals surface area (Å²) in [6, 6.07) is 6.37. The lowest BCUT2D eigenvalue weighted by atomic mass is 10.2. The minimum absolute atomic E-state index is 0.118. The van der Waals surface area contributed by atoms with Gasteiger partial charge in [-0.15, -0.1) is 0 Å². The SMILES string of the molecule is CC(=O)NCCC(=O)N1CCC[C@@H]1C(=O)Nc1ccc(Cl)cc1. The Balaban J connectivity index is 1.92. The van der Waals surface area contributed by atoms with Crippen LogP contribution < -0.4 is 10.6 Å². The van der Waals surface area contributed by atoms with Crippen LogP contribution in [0.25, 0.3) is 0 Å². The van der Waals surface area contributed by atoms with Crippen LogP contribution in [-0.4, -0.2) is 41.8 Å². The van der Waals surface area contributed by atoms with Crippen molar-refractivity contribution in [3.63, 3.8) is 0 Å². The Bertz CT molecular complexity index is 589. The lowest BCUT2D eigenvalue weighted by Gasteiger charge is -2.24. The molecule has 1 atom stereocenters. The zero-order valence-corrected chi connectivity index (χ0v) is 13.7. The molecule has 23 heavy (non-hydrogen) atoms. The first-order chi connectivity index (χ1) is 11.0. The van der Waals surface area contributed by atoms with Crippen LogP contribution in [0.15, 0.2) is 24.3 Å². The van der Waals surface area contributed by atoms with Gasteiger partial charge in [0.25, 0.3) is 0 Å². The molecule has 1 aliphatic rings. The number of hydrogen-bond acceptors (Lipinski definition) is 3. The fourth-order valence-corrected chi connectivity index (χ4v) is 2.71. The van der Waals surface area contributed by atoms with Crippen molar-refractivity contribution in [3.8, 4) is 0 Å². The summed E-state index contributed by atoms with van der Waals surface area (Å²) in [4.78, 5) is 37.0. The topological polar surface area (TPSA) is 78.5 Å². The summed E-state index contributed by atoms with van der Waals surface area (Å²) in [5.74, 6) is -0.485. The van der Waals surface area contributed by atoms with Crippen molar-refractivity contribution >= 4 is 35.0 Å². The van der Waals surface area contributed by atoms with Gasteiger partial charge in [0, 0.05) is 37.1 Å². The van der Waals surface area contributed by atoms with Gasteiger partial charge in [-0.3, -0.25) is 14.4 Å². The van der Waals surface area contributed by atoms with Gasteiger partial charge in [0.1, 0.15) is 6.04 Å². The highest BCUT2D eigenvalue weighted by molar-refractivity contribution is 6.30. The van der Waals surface area contributed by atoms with Gasteiger partial charge < -0.3 is 15.5 Å². The van der Waals surface area contributed by atoms with Gasteiger partial charge in [-0.25, -0.2) is 0 Å². The van der Waals surface area contributed by atoms with Gasteiger partial charge in [0.2, 0.25) is 17.7 Å². The molecular formula is C16H20ClN3O3. The molecule has 6 nitrogen and oxygen atoms in total. The molecule has 0 aromatic heterocycles. The highest BCUT2D eigenvalue weighted by atomic mass is 35.5. The first-order valence-corrected chi connectivity index (χ1v) is 7.95. The van der Waals surface area contributed by atoms with E-state index in [0.29, 0.717) is 23.7 Å². The number of rotatable bonds is 5. The molecule has 1 fully saturated rings. The highest BCUT2D eigenvalue weighted by Gasteiger charge is 2.33. The molecule has 2 N–H and O–H groups in total. The molecule has 1 heterocycles. The van der Waals surface area contributed by atoms with E-state index in [9.17, 15) is 14.4 Å². The second-order valence-electron chi connectivity index (χ2n) is 5.47. The van der Waals surface area contributed by atoms with Crippen molar-refractivity contribution in [2.45, 2.75) is 32.2 Å². The number of carbonyl (C=O) groups excluding carboxylic acids is 3. The Labute approximate surface area is 140 Å². The molecule has 1 aromatic carbocycles. The summed E-state index contributed by atoms with van der Waals surface area (Å²) in [6.45, 7) is 2.26. The third-order valence-corrected chi connectivity index (χ3v) is 3.95. The molecule has 1 saturated heterocycles. The third kappa shape index (κ3) is 4.96. The molecule has 2 rings (SSSR count). The molecule has 124 valence electrons. The number of amides is 3. The molecule has 0 unspecified atom stereocenters. The Morgan fingerprint density at radius 1 is 1.26 bits per heavy atom. The number of nitrogens with one attached hydrogen (secondary N) is 2. The largest absolute Gasteiger partial charge is 0.356 e. The molecule has 1 aliphatic heterocycles. The molecular weight excluding hydrogens is 318 g/mol. The minimum atomic E-state index is -0.462. The van der Waals surface area contributed by atoms with Crippen molar-refractivity contribution in [2.75, 3.05) is 18.4 Å². The van der Waals surface area contributed by atoms with E-state index in [1.54, 1.807) is 29.2 Å². The van der Waals surface area contributed by atoms with Gasteiger partial charge in [-0.2, -0.15) is 0 Å². The van der Waals surface area contributed by atoms with Crippen LogP contribution in [0.5, 0.6) is 0 Å². The van der Waals surface area contributed by atoms with Crippen molar-refractivity contribution < 1.29 is 14.4 Å². The number of nitrogens with zero attached hydrogens (tertiary/aromatic N) is 1. The summed E-state index contributed by atoms with van der Waals surface area (Å²) in [6.07, 6.45) is 1.64. The fourth-order valence-electron chi connectivity index (χ4n) is 2.59. The average Bonchev–Trinajstić information content (AvgIpc) is 2.99. The molecule has 0 aliphatic carbocycles. The Kier molecular flexibility index (Phi) is 5.98. The summed E-state index contributed by atoms with van der Waals surface area (Å²) < 4.78 is 0. The lowest BCUT2D eigenvalue weighted by molar-refractivity contribution is -0.136. The van der Waals surface area contributed by atoms with E-state index < -0.39 is 6.04 Å². The van der Waals surface area contributed by atoms with Crippen molar-refractivity contribution in [1.82, 2.24) is 10.2 Å². The Morgan fingerprint density at radius 2 is 1.96 bits per heavy atom. The first-order valence-electron chi connectivity index (χ1n) is 7.57. The maximum atomic E-state index is 12.4. The van der Waals surface area contributed by atoms with Crippen molar-refractivity contribution in [3.05, 3.63) is 29.3 Å². The highest BCUT2D eigenvalue weighted by Crippen LogP contribution is 2.21. The molecule has 0 bridgehead atoms. The van der Waals surface area contributed by atoms with Gasteiger partial charge >= 0.3 is 0 Å². The van der Waals surface area contributed by atoms with Gasteiger partial charge in [0.15, 0.2) is 0 Å². The smallest absolute Gasteiger partial charge is 0.247 e. The summed E-state index contributed by atoms with van der Waals surface area (Å²) in [5, 5.41) is 5.99. The van der Waals surface area contributed by atoms with Gasteiger partial charge in [-0.1, -0.05) is 11.6 Å². The normalized spacial score (nSPS) is 17.0. The van der Waals surface area contributed by atoms with E-state index in [4.69, 9.17) is 11.6 Å². The predicted octanol–water partition coefficient (Wildman–Crippen LogP) is 1.80. The van der Waals surface area contributed by atoms with Crippen LogP contribution in [0.4, 0.5) is 5.69 Å². The molecule has 0 saturated carbocycles. The summed E-state index contributed by atoms with van der Waals surface area (Å²) >= 11 is 5.82. The van der Waals surface area contributed by atoms with E-state index in [1.165, 1.54) is 6.92 Å². The van der Waals surface area contributed by atoms with E-state index in [0.717, 1.165) is 6.42 Å². The van der Waals surface area contributed by atoms with Crippen LogP contribution in [0, 0.1) is 0 Å². The van der Waals surface area contributed by atoms with Gasteiger partial charge in [0.05, 0.1) is 0 Å². The number of halogens is 1. The van der Waals surface area contributed by atoms with E-state index >= 15 is 0 Å². The average molecular weight is 338 g/mol. The van der Waals surface area contributed by atoms with Crippen LogP contribution in [-0.2, 0) is 14.4 Å². The van der Waals surface area contributed by atoms with Crippen LogP contribution in [0.1, 0.15) is 26.2 Å². The minimum Gasteiger partial charge on any atom is -0.356 e. The van der Waals surface area contributed by atoms with E-state index in [-0.39, 0.29) is 30.7 Å². The monoisotopic (exact) mass is 337 g/mol. The van der Waals surface area contributed by atoms with E-state index in [2.05, 4.69) is 10.6 Å². The van der Waals surface area contributed by atoms with Crippen molar-refractivity contribution in [2.24, 2.45) is 0 Å². The summed E-state index contributed by atoms with van der Waals surface area (Å²) in [7, 11) is 0. The molecule has 0 radical (unpaired) electrons. The maximum Gasteiger partial charge on any atom is 0.247 e. The first kappa shape index (κ1) is 17.3. The Hall–Kier alpha value is -2.08. The lowest BCUT2D eigenvalue weighted by Crippen LogP contribution is -2.44. The molecule has 0 spiro atoms. The van der Waals surface area contributed by atoms with Crippen LogP contribution in [0.2, 0.25) is 5.02 Å². The number of likely N-dealkylation sites (tertiary alicyclic amines) is 1. The number of hydrogen-bond donors (Lipinski definition) is 2. The molecule has 3 amide bonds. The summed E-state index contributed by atoms with van der Waals surface area (Å²) in [5.41, 5.74) is 0.650. The zero-order chi connectivity index (χ0) is 16.8. The second-order valence-corrected chi connectivity index (χ2v) is 5.91. The van der Waals surface area contributed by atoms with Crippen molar-refractivity contribution in [1.29, 1.82) is 0 Å². The second kappa shape index (κ2) is 7.97. The van der Waals surface area contributed by atoms with E-state index in [1.807, 2.05) is 0 Å². The fraction of sp³-hybridized carbons (Fsp3) is 0.438.